The fraction of sp³-hybridized carbons (Fsp3) is 0.900. The van der Waals surface area contributed by atoms with Crippen molar-refractivity contribution in [1.82, 2.24) is 0 Å². The van der Waals surface area contributed by atoms with Gasteiger partial charge in [0, 0.05) is 0 Å². The molecule has 1 saturated carbocycles. The maximum absolute atomic E-state index is 2.40. The van der Waals surface area contributed by atoms with E-state index in [4.69, 9.17) is 0 Å². The van der Waals surface area contributed by atoms with Crippen LogP contribution in [0, 0.1) is 66.0 Å². The number of hydrogen-bond acceptors (Lipinski definition) is 0. The Labute approximate surface area is 386 Å². The summed E-state index contributed by atoms with van der Waals surface area (Å²) in [4.78, 5) is 0. The highest BCUT2D eigenvalue weighted by atomic mass is 14.6. The van der Waals surface area contributed by atoms with Crippen LogP contribution in [0.5, 0.6) is 0 Å². The second kappa shape index (κ2) is 23.4. The molecule has 364 valence electrons. The molecule has 2 rings (SSSR count). The molecule has 0 heteroatoms. The van der Waals surface area contributed by atoms with Crippen molar-refractivity contribution in [2.24, 2.45) is 66.0 Å². The second-order valence-electron chi connectivity index (χ2n) is 28.8. The topological polar surface area (TPSA) is 0 Å². The fourth-order valence-electron chi connectivity index (χ4n) is 7.87. The molecule has 0 aromatic heterocycles. The monoisotopic (exact) mass is 845 g/mol. The molecule has 0 amide bonds. The lowest BCUT2D eigenvalue weighted by molar-refractivity contribution is -0.0790. The first-order valence-corrected chi connectivity index (χ1v) is 24.5. The minimum atomic E-state index is 0. The Bertz CT molecular complexity index is 1160. The highest BCUT2D eigenvalue weighted by molar-refractivity contribution is 5.37. The van der Waals surface area contributed by atoms with E-state index in [9.17, 15) is 0 Å². The molecule has 0 bridgehead atoms. The zero-order valence-corrected chi connectivity index (χ0v) is 48.6. The van der Waals surface area contributed by atoms with Gasteiger partial charge in [-0.05, 0) is 107 Å². The van der Waals surface area contributed by atoms with Crippen molar-refractivity contribution in [3.8, 4) is 0 Å². The standard InChI is InChI=1S/C15H32.C14H22.C14H30.C12H24.2C2H6.CH4/c1-12(2,3)14(7,8)11-15(9,10)13(4,5)6;1-13(2,3)11-9-7-8-10-12(11)14(4,5)6;1-11(2,3)13(7,8)14(9,10)12(4,5)6;1-11(2,3)9-7-8-10(9)12(4,5)6;2*1-2;/h11H2,1-10H3;7-10H,1-6H3;1-10H3;9-10H,7-8H2,1-6H3;2*1-2H3;1H4. The highest BCUT2D eigenvalue weighted by Gasteiger charge is 2.51. The molecule has 60 heavy (non-hydrogen) atoms. The molecular formula is C60H124. The number of benzene rings is 1. The number of hydrogen-bond donors (Lipinski definition) is 0. The minimum Gasteiger partial charge on any atom is -0.0776 e. The summed E-state index contributed by atoms with van der Waals surface area (Å²) in [5.41, 5.74) is 7.27. The first-order valence-electron chi connectivity index (χ1n) is 24.5. The Morgan fingerprint density at radius 1 is 0.350 bits per heavy atom. The third kappa shape index (κ3) is 20.4. The van der Waals surface area contributed by atoms with Gasteiger partial charge in [0.25, 0.3) is 0 Å². The zero-order chi connectivity index (χ0) is 49.3. The molecule has 2 unspecified atom stereocenters. The van der Waals surface area contributed by atoms with Crippen molar-refractivity contribution in [2.45, 2.75) is 287 Å². The van der Waals surface area contributed by atoms with E-state index in [0.717, 1.165) is 11.8 Å². The maximum Gasteiger partial charge on any atom is -0.0129 e. The Morgan fingerprint density at radius 2 is 0.550 bits per heavy atom. The molecule has 2 atom stereocenters. The first kappa shape index (κ1) is 68.3. The minimum absolute atomic E-state index is 0. The molecular weight excluding hydrogens is 721 g/mol. The lowest BCUT2D eigenvalue weighted by atomic mass is 9.48. The van der Waals surface area contributed by atoms with Gasteiger partial charge in [-0.3, -0.25) is 0 Å². The van der Waals surface area contributed by atoms with E-state index in [1.807, 2.05) is 27.7 Å². The summed E-state index contributed by atoms with van der Waals surface area (Å²) in [6.45, 7) is 83.4. The summed E-state index contributed by atoms with van der Waals surface area (Å²) in [5, 5.41) is 0. The zero-order valence-electron chi connectivity index (χ0n) is 48.6. The predicted octanol–water partition coefficient (Wildman–Crippen LogP) is 21.7. The highest BCUT2D eigenvalue weighted by Crippen LogP contribution is 2.59. The Hall–Kier alpha value is -0.780. The van der Waals surface area contributed by atoms with Gasteiger partial charge in [0.2, 0.25) is 0 Å². The summed E-state index contributed by atoms with van der Waals surface area (Å²) in [5.74, 6) is 1.91. The quantitative estimate of drug-likeness (QED) is 0.284. The summed E-state index contributed by atoms with van der Waals surface area (Å²) in [6, 6.07) is 8.77. The van der Waals surface area contributed by atoms with Crippen LogP contribution < -0.4 is 0 Å². The van der Waals surface area contributed by atoms with Gasteiger partial charge in [-0.15, -0.1) is 0 Å². The van der Waals surface area contributed by atoms with Gasteiger partial charge in [0.05, 0.1) is 0 Å². The molecule has 0 nitrogen and oxygen atoms in total. The normalized spacial score (nSPS) is 17.1. The van der Waals surface area contributed by atoms with Crippen LogP contribution >= 0.6 is 0 Å². The van der Waals surface area contributed by atoms with Gasteiger partial charge in [0.15, 0.2) is 0 Å². The molecule has 0 heterocycles. The molecule has 0 radical (unpaired) electrons. The van der Waals surface area contributed by atoms with E-state index in [1.165, 1.54) is 30.4 Å². The van der Waals surface area contributed by atoms with Crippen molar-refractivity contribution < 1.29 is 0 Å². The van der Waals surface area contributed by atoms with Crippen molar-refractivity contribution in [2.75, 3.05) is 0 Å². The molecule has 1 aromatic carbocycles. The molecule has 1 aromatic rings. The molecule has 0 spiro atoms. The predicted molar refractivity (Wildman–Crippen MR) is 286 cm³/mol. The maximum atomic E-state index is 2.40. The SMILES string of the molecule is C.CC.CC.CC(C)(C)C(C)(C)C(C)(C)C(C)(C)C.CC(C)(C)C(C)(C)CC(C)(C)C(C)(C)C.CC(C)(C)C1CCC1C(C)(C)C.CC(C)(C)c1ccccc1C(C)(C)C. The molecule has 1 aliphatic carbocycles. The second-order valence-corrected chi connectivity index (χ2v) is 28.8. The van der Waals surface area contributed by atoms with Gasteiger partial charge < -0.3 is 0 Å². The third-order valence-electron chi connectivity index (χ3n) is 16.3. The summed E-state index contributed by atoms with van der Waals surface area (Å²) in [6.07, 6.45) is 4.17. The van der Waals surface area contributed by atoms with Gasteiger partial charge in [-0.25, -0.2) is 0 Å². The fourth-order valence-corrected chi connectivity index (χ4v) is 7.87. The van der Waals surface area contributed by atoms with Crippen LogP contribution in [0.4, 0.5) is 0 Å². The molecule has 0 saturated heterocycles. The smallest absolute Gasteiger partial charge is 0.0129 e. The number of rotatable bonds is 3. The molecule has 1 fully saturated rings. The van der Waals surface area contributed by atoms with Crippen LogP contribution in [0.3, 0.4) is 0 Å². The summed E-state index contributed by atoms with van der Waals surface area (Å²) >= 11 is 0. The van der Waals surface area contributed by atoms with Crippen LogP contribution in [-0.2, 0) is 10.8 Å². The van der Waals surface area contributed by atoms with Crippen molar-refractivity contribution >= 4 is 0 Å². The van der Waals surface area contributed by atoms with Crippen molar-refractivity contribution in [3.63, 3.8) is 0 Å². The van der Waals surface area contributed by atoms with Crippen LogP contribution in [-0.4, -0.2) is 0 Å². The average molecular weight is 846 g/mol. The van der Waals surface area contributed by atoms with Crippen LogP contribution in [0.25, 0.3) is 0 Å². The van der Waals surface area contributed by atoms with E-state index in [0.29, 0.717) is 54.1 Å². The Kier molecular flexibility index (Phi) is 26.7. The van der Waals surface area contributed by atoms with E-state index >= 15 is 0 Å². The van der Waals surface area contributed by atoms with Gasteiger partial charge >= 0.3 is 0 Å². The van der Waals surface area contributed by atoms with Crippen LogP contribution in [0.15, 0.2) is 24.3 Å². The van der Waals surface area contributed by atoms with Crippen LogP contribution in [0.1, 0.15) is 287 Å². The van der Waals surface area contributed by atoms with Gasteiger partial charge in [0.1, 0.15) is 0 Å². The van der Waals surface area contributed by atoms with Crippen molar-refractivity contribution in [1.29, 1.82) is 0 Å². The Morgan fingerprint density at radius 3 is 0.667 bits per heavy atom. The van der Waals surface area contributed by atoms with Gasteiger partial charge in [-0.1, -0.05) is 281 Å². The lowest BCUT2D eigenvalue weighted by Crippen LogP contribution is -2.49. The Balaban J connectivity index is -0.000000217. The van der Waals surface area contributed by atoms with Crippen molar-refractivity contribution in [3.05, 3.63) is 35.4 Å². The van der Waals surface area contributed by atoms with E-state index < -0.39 is 0 Å². The summed E-state index contributed by atoms with van der Waals surface area (Å²) in [7, 11) is 0. The van der Waals surface area contributed by atoms with E-state index in [1.54, 1.807) is 0 Å². The first-order chi connectivity index (χ1) is 25.4. The molecule has 0 N–H and O–H groups in total. The summed E-state index contributed by atoms with van der Waals surface area (Å²) < 4.78 is 0. The van der Waals surface area contributed by atoms with Gasteiger partial charge in [-0.2, -0.15) is 0 Å². The molecule has 1 aliphatic rings. The van der Waals surface area contributed by atoms with E-state index in [-0.39, 0.29) is 18.3 Å². The van der Waals surface area contributed by atoms with Crippen LogP contribution in [0.2, 0.25) is 0 Å². The average Bonchev–Trinajstić information content (AvgIpc) is 2.94. The van der Waals surface area contributed by atoms with E-state index in [2.05, 4.69) is 246 Å². The molecule has 0 aliphatic heterocycles. The lowest BCUT2D eigenvalue weighted by Gasteiger charge is -2.57. The largest absolute Gasteiger partial charge is 0.0776 e. The third-order valence-corrected chi connectivity index (χ3v) is 16.3.